The molecule has 0 aromatic carbocycles. The Bertz CT molecular complexity index is 325. The average Bonchev–Trinajstić information content (AvgIpc) is 2.20. The SMILES string of the molecule is CCN(c1cccnc1N)C(C)CN(C)C. The van der Waals surface area contributed by atoms with Gasteiger partial charge >= 0.3 is 0 Å². The van der Waals surface area contributed by atoms with Crippen LogP contribution in [0.25, 0.3) is 0 Å². The number of anilines is 2. The number of nitrogens with two attached hydrogens (primary N) is 1. The van der Waals surface area contributed by atoms with Gasteiger partial charge in [0.05, 0.1) is 5.69 Å². The Labute approximate surface area is 98.1 Å². The summed E-state index contributed by atoms with van der Waals surface area (Å²) in [6.07, 6.45) is 1.73. The molecule has 0 bridgehead atoms. The summed E-state index contributed by atoms with van der Waals surface area (Å²) in [5, 5.41) is 0. The highest BCUT2D eigenvalue weighted by Crippen LogP contribution is 2.22. The fourth-order valence-corrected chi connectivity index (χ4v) is 2.00. The van der Waals surface area contributed by atoms with Crippen LogP contribution in [0.15, 0.2) is 18.3 Å². The van der Waals surface area contributed by atoms with E-state index in [2.05, 4.69) is 42.7 Å². The van der Waals surface area contributed by atoms with Crippen LogP contribution >= 0.6 is 0 Å². The quantitative estimate of drug-likeness (QED) is 0.819. The first kappa shape index (κ1) is 12.8. The number of rotatable bonds is 5. The van der Waals surface area contributed by atoms with E-state index in [1.54, 1.807) is 6.20 Å². The lowest BCUT2D eigenvalue weighted by Crippen LogP contribution is -2.40. The van der Waals surface area contributed by atoms with Gasteiger partial charge < -0.3 is 15.5 Å². The topological polar surface area (TPSA) is 45.4 Å². The summed E-state index contributed by atoms with van der Waals surface area (Å²) in [6.45, 7) is 6.28. The Balaban J connectivity index is 2.86. The average molecular weight is 222 g/mol. The fourth-order valence-electron chi connectivity index (χ4n) is 2.00. The second-order valence-electron chi connectivity index (χ2n) is 4.31. The maximum absolute atomic E-state index is 5.90. The molecule has 2 N–H and O–H groups in total. The van der Waals surface area contributed by atoms with Crippen LogP contribution in [-0.4, -0.2) is 43.1 Å². The van der Waals surface area contributed by atoms with E-state index in [0.717, 1.165) is 18.8 Å². The van der Waals surface area contributed by atoms with E-state index in [1.165, 1.54) is 0 Å². The van der Waals surface area contributed by atoms with Crippen LogP contribution in [-0.2, 0) is 0 Å². The molecule has 0 aliphatic carbocycles. The first-order chi connectivity index (χ1) is 7.56. The Morgan fingerprint density at radius 3 is 2.62 bits per heavy atom. The summed E-state index contributed by atoms with van der Waals surface area (Å²) in [5.41, 5.74) is 6.93. The lowest BCUT2D eigenvalue weighted by Gasteiger charge is -2.32. The molecule has 0 saturated heterocycles. The molecule has 0 aliphatic rings. The number of nitrogen functional groups attached to an aromatic ring is 1. The molecular weight excluding hydrogens is 200 g/mol. The Hall–Kier alpha value is -1.29. The van der Waals surface area contributed by atoms with Gasteiger partial charge in [0.1, 0.15) is 5.82 Å². The van der Waals surface area contributed by atoms with Crippen LogP contribution in [0.3, 0.4) is 0 Å². The van der Waals surface area contributed by atoms with E-state index in [1.807, 2.05) is 12.1 Å². The van der Waals surface area contributed by atoms with E-state index in [9.17, 15) is 0 Å². The van der Waals surface area contributed by atoms with Gasteiger partial charge in [-0.05, 0) is 40.1 Å². The molecule has 0 spiro atoms. The van der Waals surface area contributed by atoms with Crippen molar-refractivity contribution in [1.82, 2.24) is 9.88 Å². The van der Waals surface area contributed by atoms with Crippen molar-refractivity contribution < 1.29 is 0 Å². The molecule has 4 nitrogen and oxygen atoms in total. The zero-order chi connectivity index (χ0) is 12.1. The standard InChI is InChI=1S/C12H22N4/c1-5-16(10(2)9-15(3)4)11-7-6-8-14-12(11)13/h6-8,10H,5,9H2,1-4H3,(H2,13,14). The van der Waals surface area contributed by atoms with Crippen molar-refractivity contribution in [2.24, 2.45) is 0 Å². The first-order valence-corrected chi connectivity index (χ1v) is 5.68. The van der Waals surface area contributed by atoms with Crippen molar-refractivity contribution >= 4 is 11.5 Å². The third-order valence-electron chi connectivity index (χ3n) is 2.63. The summed E-state index contributed by atoms with van der Waals surface area (Å²) in [4.78, 5) is 8.59. The monoisotopic (exact) mass is 222 g/mol. The minimum absolute atomic E-state index is 0.423. The number of aromatic nitrogens is 1. The molecular formula is C12H22N4. The van der Waals surface area contributed by atoms with Crippen molar-refractivity contribution in [2.75, 3.05) is 37.8 Å². The molecule has 0 saturated carbocycles. The second-order valence-corrected chi connectivity index (χ2v) is 4.31. The summed E-state index contributed by atoms with van der Waals surface area (Å²) in [5.74, 6) is 0.606. The molecule has 1 aromatic rings. The van der Waals surface area contributed by atoms with Gasteiger partial charge in [0, 0.05) is 25.3 Å². The molecule has 0 fully saturated rings. The van der Waals surface area contributed by atoms with Crippen LogP contribution < -0.4 is 10.6 Å². The molecule has 1 heterocycles. The molecule has 1 rings (SSSR count). The van der Waals surface area contributed by atoms with Crippen LogP contribution in [0.4, 0.5) is 11.5 Å². The lowest BCUT2D eigenvalue weighted by molar-refractivity contribution is 0.373. The van der Waals surface area contributed by atoms with Gasteiger partial charge in [-0.1, -0.05) is 0 Å². The Morgan fingerprint density at radius 2 is 2.12 bits per heavy atom. The predicted octanol–water partition coefficient (Wildman–Crippen LogP) is 1.44. The second kappa shape index (κ2) is 5.70. The highest BCUT2D eigenvalue weighted by Gasteiger charge is 2.15. The molecule has 1 unspecified atom stereocenters. The Morgan fingerprint density at radius 1 is 1.44 bits per heavy atom. The number of pyridine rings is 1. The number of hydrogen-bond donors (Lipinski definition) is 1. The van der Waals surface area contributed by atoms with Crippen molar-refractivity contribution in [3.8, 4) is 0 Å². The smallest absolute Gasteiger partial charge is 0.146 e. The van der Waals surface area contributed by atoms with E-state index in [0.29, 0.717) is 11.9 Å². The van der Waals surface area contributed by atoms with Crippen LogP contribution in [0.2, 0.25) is 0 Å². The van der Waals surface area contributed by atoms with Gasteiger partial charge in [0.25, 0.3) is 0 Å². The van der Waals surface area contributed by atoms with Crippen LogP contribution in [0, 0.1) is 0 Å². The van der Waals surface area contributed by atoms with Crippen LogP contribution in [0.5, 0.6) is 0 Å². The van der Waals surface area contributed by atoms with Gasteiger partial charge in [0.15, 0.2) is 0 Å². The number of likely N-dealkylation sites (N-methyl/N-ethyl adjacent to an activating group) is 2. The van der Waals surface area contributed by atoms with Crippen molar-refractivity contribution in [3.05, 3.63) is 18.3 Å². The predicted molar refractivity (Wildman–Crippen MR) is 69.7 cm³/mol. The summed E-state index contributed by atoms with van der Waals surface area (Å²) in [6, 6.07) is 4.38. The normalized spacial score (nSPS) is 12.8. The fraction of sp³-hybridized carbons (Fsp3) is 0.583. The van der Waals surface area contributed by atoms with Crippen molar-refractivity contribution in [3.63, 3.8) is 0 Å². The highest BCUT2D eigenvalue weighted by molar-refractivity contribution is 5.63. The third kappa shape index (κ3) is 3.10. The third-order valence-corrected chi connectivity index (χ3v) is 2.63. The molecule has 90 valence electrons. The molecule has 1 atom stereocenters. The number of hydrogen-bond acceptors (Lipinski definition) is 4. The molecule has 16 heavy (non-hydrogen) atoms. The van der Waals surface area contributed by atoms with Gasteiger partial charge in [-0.25, -0.2) is 4.98 Å². The largest absolute Gasteiger partial charge is 0.382 e. The van der Waals surface area contributed by atoms with Crippen molar-refractivity contribution in [2.45, 2.75) is 19.9 Å². The lowest BCUT2D eigenvalue weighted by atomic mass is 10.2. The van der Waals surface area contributed by atoms with Gasteiger partial charge in [-0.2, -0.15) is 0 Å². The van der Waals surface area contributed by atoms with E-state index in [4.69, 9.17) is 5.73 Å². The van der Waals surface area contributed by atoms with Gasteiger partial charge in [-0.3, -0.25) is 0 Å². The molecule has 1 aromatic heterocycles. The molecule has 0 amide bonds. The molecule has 0 aliphatic heterocycles. The summed E-state index contributed by atoms with van der Waals surface area (Å²) >= 11 is 0. The zero-order valence-electron chi connectivity index (χ0n) is 10.6. The van der Waals surface area contributed by atoms with E-state index >= 15 is 0 Å². The van der Waals surface area contributed by atoms with E-state index < -0.39 is 0 Å². The summed E-state index contributed by atoms with van der Waals surface area (Å²) < 4.78 is 0. The van der Waals surface area contributed by atoms with Crippen LogP contribution in [0.1, 0.15) is 13.8 Å². The Kier molecular flexibility index (Phi) is 4.55. The maximum Gasteiger partial charge on any atom is 0.146 e. The number of nitrogens with zero attached hydrogens (tertiary/aromatic N) is 3. The molecule has 4 heteroatoms. The maximum atomic E-state index is 5.90. The van der Waals surface area contributed by atoms with Crippen molar-refractivity contribution in [1.29, 1.82) is 0 Å². The zero-order valence-corrected chi connectivity index (χ0v) is 10.6. The highest BCUT2D eigenvalue weighted by atomic mass is 15.2. The van der Waals surface area contributed by atoms with Gasteiger partial charge in [-0.15, -0.1) is 0 Å². The van der Waals surface area contributed by atoms with Gasteiger partial charge in [0.2, 0.25) is 0 Å². The summed E-state index contributed by atoms with van der Waals surface area (Å²) in [7, 11) is 4.16. The van der Waals surface area contributed by atoms with E-state index in [-0.39, 0.29) is 0 Å². The minimum atomic E-state index is 0.423. The molecule has 0 radical (unpaired) electrons. The minimum Gasteiger partial charge on any atom is -0.382 e. The first-order valence-electron chi connectivity index (χ1n) is 5.68.